The number of ether oxygens (including phenoxy) is 2. The fourth-order valence-corrected chi connectivity index (χ4v) is 5.07. The number of carbonyl (C=O) groups is 2. The molecular formula is C25H26F2N4O4. The van der Waals surface area contributed by atoms with Crippen molar-refractivity contribution in [3.05, 3.63) is 65.5 Å². The molecule has 1 aromatic carbocycles. The fourth-order valence-electron chi connectivity index (χ4n) is 5.07. The molecule has 5 rings (SSSR count). The maximum Gasteiger partial charge on any atom is 0.331 e. The van der Waals surface area contributed by atoms with E-state index in [0.717, 1.165) is 24.2 Å². The minimum Gasteiger partial charge on any atom is -0.467 e. The van der Waals surface area contributed by atoms with Crippen LogP contribution in [0.4, 0.5) is 14.5 Å². The van der Waals surface area contributed by atoms with Gasteiger partial charge in [0.05, 0.1) is 30.4 Å². The maximum absolute atomic E-state index is 14.5. The number of fused-ring (bicyclic) bond motifs is 1. The lowest BCUT2D eigenvalue weighted by Crippen LogP contribution is -2.58. The summed E-state index contributed by atoms with van der Waals surface area (Å²) in [4.78, 5) is 27.8. The zero-order valence-corrected chi connectivity index (χ0v) is 19.3. The van der Waals surface area contributed by atoms with Gasteiger partial charge in [-0.15, -0.1) is 0 Å². The van der Waals surface area contributed by atoms with E-state index in [-0.39, 0.29) is 6.04 Å². The number of nitrogens with zero attached hydrogens (tertiary/aromatic N) is 3. The van der Waals surface area contributed by atoms with Gasteiger partial charge in [0, 0.05) is 50.0 Å². The summed E-state index contributed by atoms with van der Waals surface area (Å²) < 4.78 is 40.3. The zero-order chi connectivity index (χ0) is 24.6. The van der Waals surface area contributed by atoms with Crippen molar-refractivity contribution in [1.82, 2.24) is 14.9 Å². The lowest BCUT2D eigenvalue weighted by Gasteiger charge is -2.35. The average molecular weight is 485 g/mol. The van der Waals surface area contributed by atoms with Gasteiger partial charge in [0.2, 0.25) is 0 Å². The van der Waals surface area contributed by atoms with Crippen LogP contribution in [0.15, 0.2) is 42.7 Å². The molecule has 2 aliphatic rings. The zero-order valence-electron chi connectivity index (χ0n) is 19.3. The number of nitrogens with one attached hydrogen (secondary N) is 1. The van der Waals surface area contributed by atoms with Gasteiger partial charge < -0.3 is 19.7 Å². The van der Waals surface area contributed by atoms with Gasteiger partial charge in [0.1, 0.15) is 17.2 Å². The van der Waals surface area contributed by atoms with Crippen LogP contribution in [-0.2, 0) is 14.3 Å². The number of carbonyl (C=O) groups excluding carboxylic acids is 2. The molecule has 4 heterocycles. The molecule has 10 heteroatoms. The van der Waals surface area contributed by atoms with Crippen LogP contribution in [0, 0.1) is 11.6 Å². The van der Waals surface area contributed by atoms with E-state index < -0.39 is 29.0 Å². The molecule has 2 fully saturated rings. The molecule has 3 aromatic rings. The average Bonchev–Trinajstić information content (AvgIpc) is 3.52. The van der Waals surface area contributed by atoms with E-state index >= 15 is 0 Å². The largest absolute Gasteiger partial charge is 0.467 e. The van der Waals surface area contributed by atoms with E-state index in [9.17, 15) is 18.4 Å². The molecule has 1 atom stereocenters. The number of hydrogen-bond acceptors (Lipinski definition) is 6. The van der Waals surface area contributed by atoms with E-state index in [0.29, 0.717) is 55.7 Å². The lowest BCUT2D eigenvalue weighted by atomic mass is 9.89. The summed E-state index contributed by atoms with van der Waals surface area (Å²) in [5, 5.41) is 7.14. The first kappa shape index (κ1) is 23.2. The Morgan fingerprint density at radius 3 is 2.77 bits per heavy atom. The molecule has 0 radical (unpaired) electrons. The van der Waals surface area contributed by atoms with E-state index in [1.54, 1.807) is 10.7 Å². The topological polar surface area (TPSA) is 85.2 Å². The Kier molecular flexibility index (Phi) is 6.14. The van der Waals surface area contributed by atoms with Crippen molar-refractivity contribution >= 4 is 23.1 Å². The van der Waals surface area contributed by atoms with Crippen LogP contribution >= 0.6 is 0 Å². The molecule has 2 aromatic heterocycles. The summed E-state index contributed by atoms with van der Waals surface area (Å²) in [7, 11) is 1.29. The molecule has 0 saturated carbocycles. The molecular weight excluding hydrogens is 458 g/mol. The molecule has 2 aliphatic heterocycles. The molecule has 0 aliphatic carbocycles. The van der Waals surface area contributed by atoms with Crippen molar-refractivity contribution in [1.29, 1.82) is 0 Å². The van der Waals surface area contributed by atoms with Crippen LogP contribution in [0.3, 0.4) is 0 Å². The van der Waals surface area contributed by atoms with Gasteiger partial charge in [-0.25, -0.2) is 18.1 Å². The second kappa shape index (κ2) is 9.26. The number of aromatic nitrogens is 2. The molecule has 1 amide bonds. The van der Waals surface area contributed by atoms with E-state index in [1.165, 1.54) is 19.4 Å². The minimum absolute atomic E-state index is 0.300. The van der Waals surface area contributed by atoms with Crippen LogP contribution in [0.1, 0.15) is 47.6 Å². The van der Waals surface area contributed by atoms with Crippen LogP contribution in [0.25, 0.3) is 5.52 Å². The van der Waals surface area contributed by atoms with Crippen molar-refractivity contribution in [2.75, 3.05) is 31.8 Å². The first-order valence-corrected chi connectivity index (χ1v) is 11.6. The number of amides is 1. The first-order chi connectivity index (χ1) is 16.9. The molecule has 0 bridgehead atoms. The lowest BCUT2D eigenvalue weighted by molar-refractivity contribution is -0.152. The molecule has 0 spiro atoms. The van der Waals surface area contributed by atoms with Crippen LogP contribution in [-0.4, -0.2) is 53.9 Å². The second-order valence-electron chi connectivity index (χ2n) is 8.93. The number of rotatable bonds is 5. The van der Waals surface area contributed by atoms with Crippen molar-refractivity contribution < 1.29 is 27.8 Å². The quantitative estimate of drug-likeness (QED) is 0.559. The number of anilines is 1. The van der Waals surface area contributed by atoms with Gasteiger partial charge in [-0.2, -0.15) is 5.10 Å². The summed E-state index contributed by atoms with van der Waals surface area (Å²) in [5.74, 6) is -1.88. The SMILES string of the molecule is COC(=O)C1(NC(=O)c2cnn3ccc(N4CCCC4c4cc(F)ccc4F)cc23)CCOCC1. The van der Waals surface area contributed by atoms with Gasteiger partial charge >= 0.3 is 5.97 Å². The van der Waals surface area contributed by atoms with Crippen LogP contribution < -0.4 is 10.2 Å². The van der Waals surface area contributed by atoms with Gasteiger partial charge in [-0.3, -0.25) is 4.79 Å². The smallest absolute Gasteiger partial charge is 0.331 e. The van der Waals surface area contributed by atoms with E-state index in [2.05, 4.69) is 10.4 Å². The van der Waals surface area contributed by atoms with Gasteiger partial charge in [0.15, 0.2) is 0 Å². The minimum atomic E-state index is -1.16. The second-order valence-corrected chi connectivity index (χ2v) is 8.93. The Bertz CT molecular complexity index is 1270. The fraction of sp³-hybridized carbons (Fsp3) is 0.400. The monoisotopic (exact) mass is 484 g/mol. The third-order valence-electron chi connectivity index (χ3n) is 6.93. The van der Waals surface area contributed by atoms with Crippen LogP contribution in [0.5, 0.6) is 0 Å². The number of halogens is 2. The molecule has 184 valence electrons. The Balaban J connectivity index is 1.46. The van der Waals surface area contributed by atoms with Crippen molar-refractivity contribution in [2.45, 2.75) is 37.3 Å². The molecule has 1 unspecified atom stereocenters. The highest BCUT2D eigenvalue weighted by molar-refractivity contribution is 6.03. The third kappa shape index (κ3) is 4.22. The molecule has 35 heavy (non-hydrogen) atoms. The summed E-state index contributed by atoms with van der Waals surface area (Å²) in [6.07, 6.45) is 5.30. The summed E-state index contributed by atoms with van der Waals surface area (Å²) in [5.41, 5.74) is 0.761. The first-order valence-electron chi connectivity index (χ1n) is 11.6. The predicted octanol–water partition coefficient (Wildman–Crippen LogP) is 3.41. The van der Waals surface area contributed by atoms with Crippen LogP contribution in [0.2, 0.25) is 0 Å². The number of esters is 1. The van der Waals surface area contributed by atoms with Gasteiger partial charge in [-0.05, 0) is 43.2 Å². The number of pyridine rings is 1. The predicted molar refractivity (Wildman–Crippen MR) is 123 cm³/mol. The molecule has 8 nitrogen and oxygen atoms in total. The Hall–Kier alpha value is -3.53. The van der Waals surface area contributed by atoms with Crippen molar-refractivity contribution in [2.24, 2.45) is 0 Å². The number of hydrogen-bond donors (Lipinski definition) is 1. The molecule has 2 saturated heterocycles. The summed E-state index contributed by atoms with van der Waals surface area (Å²) in [6.45, 7) is 1.33. The Morgan fingerprint density at radius 1 is 1.20 bits per heavy atom. The highest BCUT2D eigenvalue weighted by Gasteiger charge is 2.43. The van der Waals surface area contributed by atoms with Crippen molar-refractivity contribution in [3.63, 3.8) is 0 Å². The summed E-state index contributed by atoms with van der Waals surface area (Å²) in [6, 6.07) is 6.84. The molecule has 1 N–H and O–H groups in total. The van der Waals surface area contributed by atoms with Gasteiger partial charge in [0.25, 0.3) is 5.91 Å². The Morgan fingerprint density at radius 2 is 2.00 bits per heavy atom. The van der Waals surface area contributed by atoms with Crippen molar-refractivity contribution in [3.8, 4) is 0 Å². The summed E-state index contributed by atoms with van der Waals surface area (Å²) >= 11 is 0. The maximum atomic E-state index is 14.5. The third-order valence-corrected chi connectivity index (χ3v) is 6.93. The Labute approximate surface area is 200 Å². The number of benzene rings is 1. The van der Waals surface area contributed by atoms with Gasteiger partial charge in [-0.1, -0.05) is 0 Å². The normalized spacial score (nSPS) is 19.6. The van der Waals surface area contributed by atoms with E-state index in [4.69, 9.17) is 9.47 Å². The van der Waals surface area contributed by atoms with E-state index in [1.807, 2.05) is 17.0 Å². The highest BCUT2D eigenvalue weighted by atomic mass is 19.1. The number of methoxy groups -OCH3 is 1. The standard InChI is InChI=1S/C25H26F2N4O4/c1-34-24(33)25(7-11-35-12-8-25)29-23(32)19-15-28-31-10-6-17(14-22(19)31)30-9-2-3-21(30)18-13-16(26)4-5-20(18)27/h4-6,10,13-15,21H,2-3,7-9,11-12H2,1H3,(H,29,32). The highest BCUT2D eigenvalue weighted by Crippen LogP contribution is 2.38.